The summed E-state index contributed by atoms with van der Waals surface area (Å²) >= 11 is 0. The molecule has 0 bridgehead atoms. The molecule has 0 aliphatic rings. The number of rotatable bonds is 7. The summed E-state index contributed by atoms with van der Waals surface area (Å²) < 4.78 is 0. The fourth-order valence-electron chi connectivity index (χ4n) is 1.99. The Balaban J connectivity index is 2.30. The van der Waals surface area contributed by atoms with E-state index in [1.54, 1.807) is 18.3 Å². The molecule has 1 atom stereocenters. The van der Waals surface area contributed by atoms with E-state index in [1.165, 1.54) is 5.57 Å². The highest BCUT2D eigenvalue weighted by Crippen LogP contribution is 2.10. The molecule has 0 spiro atoms. The first kappa shape index (κ1) is 19.6. The molecule has 0 radical (unpaired) electrons. The zero-order valence-corrected chi connectivity index (χ0v) is 14.9. The van der Waals surface area contributed by atoms with Gasteiger partial charge in [-0.05, 0) is 58.1 Å². The molecule has 0 saturated heterocycles. The summed E-state index contributed by atoms with van der Waals surface area (Å²) in [4.78, 5) is 23.4. The molecule has 24 heavy (non-hydrogen) atoms. The Bertz CT molecular complexity index is 600. The maximum absolute atomic E-state index is 11.7. The Morgan fingerprint density at radius 1 is 1.17 bits per heavy atom. The lowest BCUT2D eigenvalue weighted by Crippen LogP contribution is -2.32. The van der Waals surface area contributed by atoms with E-state index >= 15 is 0 Å². The first-order valence-electron chi connectivity index (χ1n) is 8.21. The fraction of sp³-hybridized carbons (Fsp3) is 0.421. The van der Waals surface area contributed by atoms with Crippen molar-refractivity contribution in [2.75, 3.05) is 5.32 Å². The van der Waals surface area contributed by atoms with E-state index < -0.39 is 11.8 Å². The largest absolute Gasteiger partial charge is 0.329 e. The monoisotopic (exact) mass is 329 g/mol. The smallest absolute Gasteiger partial charge is 0.318 e. The number of anilines is 1. The van der Waals surface area contributed by atoms with Gasteiger partial charge in [0, 0.05) is 11.9 Å². The first-order chi connectivity index (χ1) is 11.4. The number of carbonyl (C=O) groups excluding carboxylic acids is 2. The number of nitrogens with one attached hydrogen (secondary N) is 2. The summed E-state index contributed by atoms with van der Waals surface area (Å²) in [6.07, 6.45) is 6.73. The van der Waals surface area contributed by atoms with Crippen molar-refractivity contribution in [1.29, 1.82) is 0 Å². The maximum atomic E-state index is 11.7. The number of hydrazone groups is 1. The number of carbonyl (C=O) groups is 2. The van der Waals surface area contributed by atoms with E-state index in [4.69, 9.17) is 0 Å². The van der Waals surface area contributed by atoms with Gasteiger partial charge in [-0.25, -0.2) is 5.43 Å². The van der Waals surface area contributed by atoms with Crippen LogP contribution in [0.25, 0.3) is 0 Å². The van der Waals surface area contributed by atoms with E-state index in [0.717, 1.165) is 24.8 Å². The van der Waals surface area contributed by atoms with Gasteiger partial charge in [-0.1, -0.05) is 36.3 Å². The lowest BCUT2D eigenvalue weighted by molar-refractivity contribution is -0.136. The highest BCUT2D eigenvalue weighted by Gasteiger charge is 2.12. The molecule has 1 aromatic rings. The van der Waals surface area contributed by atoms with Gasteiger partial charge in [0.25, 0.3) is 0 Å². The molecule has 2 N–H and O–H groups in total. The summed E-state index contributed by atoms with van der Waals surface area (Å²) in [5.74, 6) is -1.03. The highest BCUT2D eigenvalue weighted by molar-refractivity contribution is 6.39. The predicted octanol–water partition coefficient (Wildman–Crippen LogP) is 3.81. The van der Waals surface area contributed by atoms with E-state index in [1.807, 2.05) is 19.1 Å². The quantitative estimate of drug-likeness (QED) is 0.346. The van der Waals surface area contributed by atoms with Crippen LogP contribution in [0.1, 0.15) is 45.6 Å². The summed E-state index contributed by atoms with van der Waals surface area (Å²) in [5.41, 5.74) is 5.24. The Morgan fingerprint density at radius 2 is 1.83 bits per heavy atom. The minimum Gasteiger partial charge on any atom is -0.318 e. The van der Waals surface area contributed by atoms with Crippen LogP contribution in [0.15, 0.2) is 41.0 Å². The second-order valence-corrected chi connectivity index (χ2v) is 6.27. The minimum atomic E-state index is -0.774. The van der Waals surface area contributed by atoms with Gasteiger partial charge in [0.05, 0.1) is 0 Å². The zero-order chi connectivity index (χ0) is 17.9. The number of benzene rings is 1. The molecule has 0 heterocycles. The van der Waals surface area contributed by atoms with Gasteiger partial charge in [0.1, 0.15) is 0 Å². The standard InChI is InChI=1S/C19H27N3O2/c1-14(2)6-5-7-15(3)12-13-20-22-19(24)18(23)21-17-10-8-16(4)9-11-17/h6,8-11,13,15H,5,7,12H2,1-4H3,(H,21,23)(H,22,24)/b20-13-/t15-/m1/s1. The van der Waals surface area contributed by atoms with Crippen LogP contribution in [-0.4, -0.2) is 18.0 Å². The first-order valence-corrected chi connectivity index (χ1v) is 8.21. The number of nitrogens with zero attached hydrogens (tertiary/aromatic N) is 1. The predicted molar refractivity (Wildman–Crippen MR) is 98.9 cm³/mol. The van der Waals surface area contributed by atoms with Gasteiger partial charge in [-0.2, -0.15) is 5.10 Å². The molecule has 2 amide bonds. The minimum absolute atomic E-state index is 0.475. The zero-order valence-electron chi connectivity index (χ0n) is 14.9. The SMILES string of the molecule is CC(C)=CCC[C@@H](C)C/C=N\NC(=O)C(=O)Nc1ccc(C)cc1. The van der Waals surface area contributed by atoms with E-state index in [2.05, 4.69) is 42.7 Å². The molecule has 0 fully saturated rings. The van der Waals surface area contributed by atoms with Crippen molar-refractivity contribution in [3.8, 4) is 0 Å². The third-order valence-corrected chi connectivity index (χ3v) is 3.49. The van der Waals surface area contributed by atoms with Crippen LogP contribution < -0.4 is 10.7 Å². The van der Waals surface area contributed by atoms with Gasteiger partial charge in [0.15, 0.2) is 0 Å². The van der Waals surface area contributed by atoms with Crippen molar-refractivity contribution < 1.29 is 9.59 Å². The van der Waals surface area contributed by atoms with Gasteiger partial charge < -0.3 is 5.32 Å². The van der Waals surface area contributed by atoms with Gasteiger partial charge in [-0.15, -0.1) is 0 Å². The number of hydrogen-bond acceptors (Lipinski definition) is 3. The van der Waals surface area contributed by atoms with Crippen molar-refractivity contribution in [3.63, 3.8) is 0 Å². The highest BCUT2D eigenvalue weighted by atomic mass is 16.2. The van der Waals surface area contributed by atoms with Crippen LogP contribution >= 0.6 is 0 Å². The molecule has 130 valence electrons. The molecule has 1 rings (SSSR count). The molecule has 5 heteroatoms. The summed E-state index contributed by atoms with van der Waals surface area (Å²) in [6, 6.07) is 7.22. The molecule has 0 aliphatic carbocycles. The van der Waals surface area contributed by atoms with Crippen molar-refractivity contribution in [1.82, 2.24) is 5.43 Å². The Kier molecular flexibility index (Phi) is 8.47. The normalized spacial score (nSPS) is 11.8. The van der Waals surface area contributed by atoms with Crippen LogP contribution in [0, 0.1) is 12.8 Å². The van der Waals surface area contributed by atoms with E-state index in [0.29, 0.717) is 11.6 Å². The molecule has 0 saturated carbocycles. The lowest BCUT2D eigenvalue weighted by atomic mass is 10.0. The van der Waals surface area contributed by atoms with Crippen molar-refractivity contribution in [2.45, 2.75) is 47.0 Å². The average molecular weight is 329 g/mol. The molecule has 1 aromatic carbocycles. The molecule has 5 nitrogen and oxygen atoms in total. The summed E-state index contributed by atoms with van der Waals surface area (Å²) in [5, 5.41) is 6.36. The summed E-state index contributed by atoms with van der Waals surface area (Å²) in [7, 11) is 0. The molecule has 0 aromatic heterocycles. The van der Waals surface area contributed by atoms with Crippen LogP contribution in [0.5, 0.6) is 0 Å². The molecular weight excluding hydrogens is 302 g/mol. The van der Waals surface area contributed by atoms with Gasteiger partial charge in [0.2, 0.25) is 0 Å². The third kappa shape index (κ3) is 8.27. The Morgan fingerprint density at radius 3 is 2.46 bits per heavy atom. The van der Waals surface area contributed by atoms with Crippen LogP contribution in [0.2, 0.25) is 0 Å². The average Bonchev–Trinajstić information content (AvgIpc) is 2.53. The van der Waals surface area contributed by atoms with Crippen molar-refractivity contribution in [2.24, 2.45) is 11.0 Å². The number of aryl methyl sites for hydroxylation is 1. The topological polar surface area (TPSA) is 70.6 Å². The van der Waals surface area contributed by atoms with Crippen LogP contribution in [0.4, 0.5) is 5.69 Å². The number of hydrogen-bond donors (Lipinski definition) is 2. The third-order valence-electron chi connectivity index (χ3n) is 3.49. The van der Waals surface area contributed by atoms with Crippen LogP contribution in [0.3, 0.4) is 0 Å². The number of amides is 2. The second kappa shape index (κ2) is 10.4. The number of allylic oxidation sites excluding steroid dienone is 2. The van der Waals surface area contributed by atoms with E-state index in [-0.39, 0.29) is 0 Å². The Hall–Kier alpha value is -2.43. The van der Waals surface area contributed by atoms with Crippen molar-refractivity contribution in [3.05, 3.63) is 41.5 Å². The fourth-order valence-corrected chi connectivity index (χ4v) is 1.99. The summed E-state index contributed by atoms with van der Waals surface area (Å²) in [6.45, 7) is 8.26. The second-order valence-electron chi connectivity index (χ2n) is 6.27. The Labute approximate surface area is 144 Å². The van der Waals surface area contributed by atoms with Crippen molar-refractivity contribution >= 4 is 23.7 Å². The van der Waals surface area contributed by atoms with Gasteiger partial charge in [-0.3, -0.25) is 9.59 Å². The molecule has 0 aliphatic heterocycles. The lowest BCUT2D eigenvalue weighted by Gasteiger charge is -2.06. The van der Waals surface area contributed by atoms with Crippen LogP contribution in [-0.2, 0) is 9.59 Å². The van der Waals surface area contributed by atoms with Gasteiger partial charge >= 0.3 is 11.8 Å². The van der Waals surface area contributed by atoms with E-state index in [9.17, 15) is 9.59 Å². The molecule has 0 unspecified atom stereocenters. The maximum Gasteiger partial charge on any atom is 0.329 e. The molecular formula is C19H27N3O2.